The Morgan fingerprint density at radius 1 is 1.53 bits per heavy atom. The van der Waals surface area contributed by atoms with Crippen LogP contribution in [0, 0.1) is 0 Å². The second-order valence-electron chi connectivity index (χ2n) is 4.47. The monoisotopic (exact) mass is 252 g/mol. The van der Waals surface area contributed by atoms with Crippen LogP contribution in [0.4, 0.5) is 0 Å². The van der Waals surface area contributed by atoms with Crippen LogP contribution in [0.25, 0.3) is 0 Å². The number of aromatic nitrogens is 2. The summed E-state index contributed by atoms with van der Waals surface area (Å²) < 4.78 is 1.92. The third kappa shape index (κ3) is 3.70. The van der Waals surface area contributed by atoms with E-state index in [1.165, 1.54) is 25.7 Å². The Labute approximate surface area is 108 Å². The number of thiocarbonyl (C=S) groups is 1. The van der Waals surface area contributed by atoms with Crippen molar-refractivity contribution in [3.05, 3.63) is 18.0 Å². The lowest BCUT2D eigenvalue weighted by molar-refractivity contribution is 0.615. The summed E-state index contributed by atoms with van der Waals surface area (Å²) in [6, 6.07) is 2.59. The molecule has 4 nitrogen and oxygen atoms in total. The first-order chi connectivity index (χ1) is 8.28. The molecule has 0 bridgehead atoms. The predicted octanol–water partition coefficient (Wildman–Crippen LogP) is 1.81. The van der Waals surface area contributed by atoms with Gasteiger partial charge in [-0.25, -0.2) is 0 Å². The maximum atomic E-state index is 5.27. The zero-order valence-corrected chi connectivity index (χ0v) is 11.1. The largest absolute Gasteiger partial charge is 0.360 e. The van der Waals surface area contributed by atoms with Crippen LogP contribution >= 0.6 is 12.2 Å². The van der Waals surface area contributed by atoms with Gasteiger partial charge in [-0.1, -0.05) is 12.8 Å². The van der Waals surface area contributed by atoms with E-state index in [1.807, 2.05) is 16.9 Å². The number of hydrogen-bond donors (Lipinski definition) is 2. The minimum absolute atomic E-state index is 0.572. The van der Waals surface area contributed by atoms with Gasteiger partial charge in [-0.2, -0.15) is 5.10 Å². The number of rotatable bonds is 4. The molecule has 5 heteroatoms. The quantitative estimate of drug-likeness (QED) is 0.802. The van der Waals surface area contributed by atoms with E-state index in [4.69, 9.17) is 12.2 Å². The van der Waals surface area contributed by atoms with Gasteiger partial charge in [0, 0.05) is 18.8 Å². The van der Waals surface area contributed by atoms with Crippen molar-refractivity contribution in [2.45, 2.75) is 51.7 Å². The molecule has 0 aromatic carbocycles. The second kappa shape index (κ2) is 6.00. The summed E-state index contributed by atoms with van der Waals surface area (Å²) >= 11 is 5.27. The molecule has 1 saturated carbocycles. The summed E-state index contributed by atoms with van der Waals surface area (Å²) in [5, 5.41) is 11.7. The normalized spacial score (nSPS) is 16.1. The zero-order valence-electron chi connectivity index (χ0n) is 10.3. The van der Waals surface area contributed by atoms with Gasteiger partial charge in [0.15, 0.2) is 5.11 Å². The highest BCUT2D eigenvalue weighted by Gasteiger charge is 2.15. The molecule has 1 aromatic heterocycles. The van der Waals surface area contributed by atoms with Crippen molar-refractivity contribution in [1.82, 2.24) is 20.4 Å². The molecule has 1 aromatic rings. The number of nitrogens with one attached hydrogen (secondary N) is 2. The van der Waals surface area contributed by atoms with Gasteiger partial charge in [-0.15, -0.1) is 0 Å². The predicted molar refractivity (Wildman–Crippen MR) is 72.7 cm³/mol. The smallest absolute Gasteiger partial charge is 0.166 e. The molecule has 0 amide bonds. The number of nitrogens with zero attached hydrogens (tertiary/aromatic N) is 2. The van der Waals surface area contributed by atoms with Crippen molar-refractivity contribution in [1.29, 1.82) is 0 Å². The van der Waals surface area contributed by atoms with E-state index in [0.717, 1.165) is 17.4 Å². The number of aryl methyl sites for hydroxylation is 1. The molecular weight excluding hydrogens is 232 g/mol. The molecule has 17 heavy (non-hydrogen) atoms. The van der Waals surface area contributed by atoms with Crippen molar-refractivity contribution in [3.8, 4) is 0 Å². The highest BCUT2D eigenvalue weighted by molar-refractivity contribution is 7.80. The van der Waals surface area contributed by atoms with E-state index < -0.39 is 0 Å². The standard InChI is InChI=1S/C12H20N4S/c1-2-16-8-7-11(15-16)9-13-12(17)14-10-5-3-4-6-10/h7-8,10H,2-6,9H2,1H3,(H2,13,14,17). The number of hydrogen-bond acceptors (Lipinski definition) is 2. The van der Waals surface area contributed by atoms with Gasteiger partial charge < -0.3 is 10.6 Å². The lowest BCUT2D eigenvalue weighted by Crippen LogP contribution is -2.40. The summed E-state index contributed by atoms with van der Waals surface area (Å²) in [5.41, 5.74) is 1.03. The Kier molecular flexibility index (Phi) is 4.36. The van der Waals surface area contributed by atoms with Crippen molar-refractivity contribution in [2.75, 3.05) is 0 Å². The molecule has 0 radical (unpaired) electrons. The van der Waals surface area contributed by atoms with Gasteiger partial charge in [-0.3, -0.25) is 4.68 Å². The highest BCUT2D eigenvalue weighted by atomic mass is 32.1. The first kappa shape index (κ1) is 12.4. The summed E-state index contributed by atoms with van der Waals surface area (Å²) in [6.45, 7) is 3.69. The van der Waals surface area contributed by atoms with E-state index in [-0.39, 0.29) is 0 Å². The fraction of sp³-hybridized carbons (Fsp3) is 0.667. The molecule has 1 aliphatic carbocycles. The van der Waals surface area contributed by atoms with E-state index in [1.54, 1.807) is 0 Å². The fourth-order valence-corrected chi connectivity index (χ4v) is 2.39. The molecule has 2 rings (SSSR count). The first-order valence-electron chi connectivity index (χ1n) is 6.34. The zero-order chi connectivity index (χ0) is 12.1. The lowest BCUT2D eigenvalue weighted by atomic mass is 10.3. The van der Waals surface area contributed by atoms with Crippen LogP contribution in [0.15, 0.2) is 12.3 Å². The average Bonchev–Trinajstić information content (AvgIpc) is 2.96. The Hall–Kier alpha value is -1.10. The maximum absolute atomic E-state index is 5.27. The van der Waals surface area contributed by atoms with Crippen LogP contribution in [-0.4, -0.2) is 20.9 Å². The van der Waals surface area contributed by atoms with Crippen molar-refractivity contribution in [3.63, 3.8) is 0 Å². The van der Waals surface area contributed by atoms with Crippen LogP contribution < -0.4 is 10.6 Å². The average molecular weight is 252 g/mol. The minimum atomic E-state index is 0.572. The Bertz CT molecular complexity index is 368. The van der Waals surface area contributed by atoms with Crippen LogP contribution in [0.2, 0.25) is 0 Å². The molecule has 1 heterocycles. The third-order valence-electron chi connectivity index (χ3n) is 3.14. The SMILES string of the molecule is CCn1ccc(CNC(=S)NC2CCCC2)n1. The van der Waals surface area contributed by atoms with Gasteiger partial charge in [0.2, 0.25) is 0 Å². The van der Waals surface area contributed by atoms with Crippen molar-refractivity contribution < 1.29 is 0 Å². The fourth-order valence-electron chi connectivity index (χ4n) is 2.15. The van der Waals surface area contributed by atoms with Gasteiger partial charge in [0.1, 0.15) is 0 Å². The summed E-state index contributed by atoms with van der Waals surface area (Å²) in [4.78, 5) is 0. The van der Waals surface area contributed by atoms with E-state index in [9.17, 15) is 0 Å². The second-order valence-corrected chi connectivity index (χ2v) is 4.88. The molecule has 0 atom stereocenters. The summed E-state index contributed by atoms with van der Waals surface area (Å²) in [7, 11) is 0. The highest BCUT2D eigenvalue weighted by Crippen LogP contribution is 2.17. The van der Waals surface area contributed by atoms with Gasteiger partial charge >= 0.3 is 0 Å². The maximum Gasteiger partial charge on any atom is 0.166 e. The summed E-state index contributed by atoms with van der Waals surface area (Å²) in [5.74, 6) is 0. The summed E-state index contributed by atoms with van der Waals surface area (Å²) in [6.07, 6.45) is 7.12. The third-order valence-corrected chi connectivity index (χ3v) is 3.40. The van der Waals surface area contributed by atoms with Crippen LogP contribution in [0.3, 0.4) is 0 Å². The molecule has 0 unspecified atom stereocenters. The van der Waals surface area contributed by atoms with Crippen LogP contribution in [0.5, 0.6) is 0 Å². The van der Waals surface area contributed by atoms with Gasteiger partial charge in [0.05, 0.1) is 12.2 Å². The van der Waals surface area contributed by atoms with Crippen LogP contribution in [0.1, 0.15) is 38.3 Å². The van der Waals surface area contributed by atoms with Crippen molar-refractivity contribution in [2.24, 2.45) is 0 Å². The molecule has 0 saturated heterocycles. The molecule has 2 N–H and O–H groups in total. The topological polar surface area (TPSA) is 41.9 Å². The lowest BCUT2D eigenvalue weighted by Gasteiger charge is -2.14. The Morgan fingerprint density at radius 2 is 2.29 bits per heavy atom. The molecular formula is C12H20N4S. The molecule has 0 aliphatic heterocycles. The molecule has 94 valence electrons. The molecule has 1 fully saturated rings. The Balaban J connectivity index is 1.71. The first-order valence-corrected chi connectivity index (χ1v) is 6.75. The van der Waals surface area contributed by atoms with E-state index in [2.05, 4.69) is 22.7 Å². The van der Waals surface area contributed by atoms with Gasteiger partial charge in [0.25, 0.3) is 0 Å². The van der Waals surface area contributed by atoms with Gasteiger partial charge in [-0.05, 0) is 38.0 Å². The van der Waals surface area contributed by atoms with Crippen LogP contribution in [-0.2, 0) is 13.1 Å². The minimum Gasteiger partial charge on any atom is -0.360 e. The molecule has 0 spiro atoms. The van der Waals surface area contributed by atoms with E-state index >= 15 is 0 Å². The van der Waals surface area contributed by atoms with E-state index in [0.29, 0.717) is 12.6 Å². The van der Waals surface area contributed by atoms with Crippen molar-refractivity contribution >= 4 is 17.3 Å². The molecule has 1 aliphatic rings. The Morgan fingerprint density at radius 3 is 2.94 bits per heavy atom.